The first-order valence-corrected chi connectivity index (χ1v) is 10.5. The van der Waals surface area contributed by atoms with Gasteiger partial charge in [0.1, 0.15) is 0 Å². The maximum Gasteiger partial charge on any atom is 0.305 e. The molecule has 1 aromatic carbocycles. The van der Waals surface area contributed by atoms with Gasteiger partial charge >= 0.3 is 5.97 Å². The Kier molecular flexibility index (Phi) is 6.11. The Morgan fingerprint density at radius 1 is 1.19 bits per heavy atom. The van der Waals surface area contributed by atoms with Crippen molar-refractivity contribution in [1.82, 2.24) is 5.32 Å². The molecule has 1 unspecified atom stereocenters. The van der Waals surface area contributed by atoms with Gasteiger partial charge in [0.2, 0.25) is 0 Å². The molecule has 0 bridgehead atoms. The number of carbonyl (C=O) groups is 2. The lowest BCUT2D eigenvalue weighted by Gasteiger charge is -2.33. The molecule has 144 valence electrons. The number of hydrogen-bond acceptors (Lipinski definition) is 4. The molecule has 1 saturated carbocycles. The minimum atomic E-state index is -3.36. The number of rotatable bonds is 7. The molecule has 0 saturated heterocycles. The molecule has 1 atom stereocenters. The first-order chi connectivity index (χ1) is 12.1. The number of sulfone groups is 1. The van der Waals surface area contributed by atoms with E-state index in [0.29, 0.717) is 18.4 Å². The van der Waals surface area contributed by atoms with Gasteiger partial charge in [0.25, 0.3) is 5.91 Å². The summed E-state index contributed by atoms with van der Waals surface area (Å²) in [5.74, 6) is -1.48. The molecule has 2 rings (SSSR count). The average molecular weight is 381 g/mol. The van der Waals surface area contributed by atoms with Gasteiger partial charge in [-0.1, -0.05) is 26.7 Å². The average Bonchev–Trinajstić information content (AvgIpc) is 3.09. The lowest BCUT2D eigenvalue weighted by molar-refractivity contribution is -0.138. The zero-order chi connectivity index (χ0) is 19.5. The maximum absolute atomic E-state index is 12.6. The fraction of sp³-hybridized carbons (Fsp3) is 0.579. The lowest BCUT2D eigenvalue weighted by Crippen LogP contribution is -2.51. The molecule has 0 aromatic heterocycles. The van der Waals surface area contributed by atoms with Gasteiger partial charge in [-0.05, 0) is 49.9 Å². The molecule has 1 aliphatic carbocycles. The second-order valence-corrected chi connectivity index (χ2v) is 9.80. The Bertz CT molecular complexity index is 764. The Hall–Kier alpha value is -1.89. The molecule has 1 amide bonds. The largest absolute Gasteiger partial charge is 0.481 e. The van der Waals surface area contributed by atoms with Crippen molar-refractivity contribution in [2.45, 2.75) is 68.6 Å². The second-order valence-electron chi connectivity index (χ2n) is 7.57. The van der Waals surface area contributed by atoms with Gasteiger partial charge in [-0.3, -0.25) is 9.59 Å². The number of amides is 1. The fourth-order valence-corrected chi connectivity index (χ4v) is 5.08. The Morgan fingerprint density at radius 2 is 1.73 bits per heavy atom. The van der Waals surface area contributed by atoms with Crippen LogP contribution in [0.2, 0.25) is 0 Å². The molecule has 0 aliphatic heterocycles. The van der Waals surface area contributed by atoms with Gasteiger partial charge in [0, 0.05) is 5.56 Å². The summed E-state index contributed by atoms with van der Waals surface area (Å²) < 4.78 is 25.2. The molecule has 6 nitrogen and oxygen atoms in total. The summed E-state index contributed by atoms with van der Waals surface area (Å²) in [6.07, 6.45) is 3.05. The van der Waals surface area contributed by atoms with Crippen molar-refractivity contribution in [3.63, 3.8) is 0 Å². The normalized spacial score (nSPS) is 17.8. The van der Waals surface area contributed by atoms with Crippen molar-refractivity contribution < 1.29 is 23.1 Å². The van der Waals surface area contributed by atoms with Crippen LogP contribution in [0, 0.1) is 5.92 Å². The summed E-state index contributed by atoms with van der Waals surface area (Å²) in [6, 6.07) is 5.90. The Balaban J connectivity index is 2.17. The molecule has 0 radical (unpaired) electrons. The van der Waals surface area contributed by atoms with Crippen molar-refractivity contribution in [2.24, 2.45) is 5.92 Å². The maximum atomic E-state index is 12.6. The van der Waals surface area contributed by atoms with Gasteiger partial charge in [0.05, 0.1) is 22.1 Å². The molecule has 1 aliphatic rings. The van der Waals surface area contributed by atoms with E-state index in [9.17, 15) is 18.0 Å². The number of hydrogen-bond donors (Lipinski definition) is 2. The highest BCUT2D eigenvalue weighted by atomic mass is 32.2. The van der Waals surface area contributed by atoms with Crippen LogP contribution in [0.1, 0.15) is 63.2 Å². The summed E-state index contributed by atoms with van der Waals surface area (Å²) in [7, 11) is -3.36. The first-order valence-electron chi connectivity index (χ1n) is 8.94. The van der Waals surface area contributed by atoms with Crippen molar-refractivity contribution in [1.29, 1.82) is 0 Å². The molecule has 26 heavy (non-hydrogen) atoms. The quantitative estimate of drug-likeness (QED) is 0.756. The number of benzene rings is 1. The van der Waals surface area contributed by atoms with E-state index in [1.165, 1.54) is 24.3 Å². The fourth-order valence-electron chi connectivity index (χ4n) is 3.23. The van der Waals surface area contributed by atoms with E-state index in [1.807, 2.05) is 13.8 Å². The molecule has 2 N–H and O–H groups in total. The summed E-state index contributed by atoms with van der Waals surface area (Å²) in [5, 5.41) is 11.5. The van der Waals surface area contributed by atoms with Crippen molar-refractivity contribution in [3.8, 4) is 0 Å². The van der Waals surface area contributed by atoms with Crippen LogP contribution < -0.4 is 5.32 Å². The third-order valence-corrected chi connectivity index (χ3v) is 7.66. The van der Waals surface area contributed by atoms with Crippen molar-refractivity contribution in [3.05, 3.63) is 29.8 Å². The molecule has 1 aromatic rings. The minimum Gasteiger partial charge on any atom is -0.481 e. The van der Waals surface area contributed by atoms with E-state index in [1.54, 1.807) is 6.92 Å². The van der Waals surface area contributed by atoms with Gasteiger partial charge in [-0.25, -0.2) is 8.42 Å². The summed E-state index contributed by atoms with van der Waals surface area (Å²) in [5.41, 5.74) is -0.579. The molecule has 0 heterocycles. The summed E-state index contributed by atoms with van der Waals surface area (Å²) in [6.45, 7) is 5.39. The molecule has 7 heteroatoms. The smallest absolute Gasteiger partial charge is 0.305 e. The van der Waals surface area contributed by atoms with Crippen LogP contribution in [0.15, 0.2) is 29.2 Å². The zero-order valence-corrected chi connectivity index (χ0v) is 16.3. The highest BCUT2D eigenvalue weighted by Gasteiger charge is 2.33. The number of carbonyl (C=O) groups excluding carboxylic acids is 1. The van der Waals surface area contributed by atoms with Gasteiger partial charge in [-0.2, -0.15) is 0 Å². The van der Waals surface area contributed by atoms with Crippen LogP contribution in [0.4, 0.5) is 0 Å². The highest BCUT2D eigenvalue weighted by molar-refractivity contribution is 7.92. The standard InChI is InChI=1S/C19H27NO5S/c1-13(2)19(3,12-17(21)22)20-18(23)14-8-10-16(11-9-14)26(24,25)15-6-4-5-7-15/h8-11,13,15H,4-7,12H2,1-3H3,(H,20,23)(H,21,22). The minimum absolute atomic E-state index is 0.0791. The zero-order valence-electron chi connectivity index (χ0n) is 15.5. The van der Waals surface area contributed by atoms with Crippen LogP contribution >= 0.6 is 0 Å². The van der Waals surface area contributed by atoms with E-state index < -0.39 is 27.3 Å². The van der Waals surface area contributed by atoms with E-state index >= 15 is 0 Å². The van der Waals surface area contributed by atoms with Crippen LogP contribution in [0.3, 0.4) is 0 Å². The Morgan fingerprint density at radius 3 is 2.19 bits per heavy atom. The number of aliphatic carboxylic acids is 1. The van der Waals surface area contributed by atoms with E-state index in [0.717, 1.165) is 12.8 Å². The Labute approximate surface area is 154 Å². The second kappa shape index (κ2) is 7.78. The van der Waals surface area contributed by atoms with E-state index in [2.05, 4.69) is 5.32 Å². The SMILES string of the molecule is CC(C)C(C)(CC(=O)O)NC(=O)c1ccc(S(=O)(=O)C2CCCC2)cc1. The van der Waals surface area contributed by atoms with Crippen LogP contribution in [-0.2, 0) is 14.6 Å². The van der Waals surface area contributed by atoms with Crippen LogP contribution in [-0.4, -0.2) is 36.2 Å². The van der Waals surface area contributed by atoms with E-state index in [4.69, 9.17) is 5.11 Å². The molecule has 1 fully saturated rings. The van der Waals surface area contributed by atoms with E-state index in [-0.39, 0.29) is 22.5 Å². The molecular weight excluding hydrogens is 354 g/mol. The monoisotopic (exact) mass is 381 g/mol. The third-order valence-electron chi connectivity index (χ3n) is 5.38. The first kappa shape index (κ1) is 20.4. The number of carboxylic acids is 1. The van der Waals surface area contributed by atoms with Gasteiger partial charge in [-0.15, -0.1) is 0 Å². The number of nitrogens with one attached hydrogen (secondary N) is 1. The topological polar surface area (TPSA) is 101 Å². The van der Waals surface area contributed by atoms with Crippen LogP contribution in [0.5, 0.6) is 0 Å². The van der Waals surface area contributed by atoms with Crippen LogP contribution in [0.25, 0.3) is 0 Å². The lowest BCUT2D eigenvalue weighted by atomic mass is 9.85. The molecular formula is C19H27NO5S. The highest BCUT2D eigenvalue weighted by Crippen LogP contribution is 2.29. The molecule has 0 spiro atoms. The van der Waals surface area contributed by atoms with Gasteiger partial charge < -0.3 is 10.4 Å². The third kappa shape index (κ3) is 4.44. The predicted molar refractivity (Wildman–Crippen MR) is 98.8 cm³/mol. The predicted octanol–water partition coefficient (Wildman–Crippen LogP) is 3.02. The summed E-state index contributed by atoms with van der Waals surface area (Å²) in [4.78, 5) is 23.8. The number of carboxylic acid groups (broad SMARTS) is 1. The summed E-state index contributed by atoms with van der Waals surface area (Å²) >= 11 is 0. The van der Waals surface area contributed by atoms with Gasteiger partial charge in [0.15, 0.2) is 9.84 Å². The van der Waals surface area contributed by atoms with Crippen molar-refractivity contribution >= 4 is 21.7 Å². The van der Waals surface area contributed by atoms with Crippen molar-refractivity contribution in [2.75, 3.05) is 0 Å².